The van der Waals surface area contributed by atoms with Crippen molar-refractivity contribution >= 4 is 62.7 Å². The molecule has 206 valence electrons. The Labute approximate surface area is 241 Å². The second-order valence-electron chi connectivity index (χ2n) is 9.76. The normalized spacial score (nSPS) is 11.2. The molecule has 10 nitrogen and oxygen atoms in total. The van der Waals surface area contributed by atoms with Crippen LogP contribution in [0.25, 0.3) is 21.5 Å². The Morgan fingerprint density at radius 2 is 1.26 bits per heavy atom. The SMILES string of the molecule is Cc1ccc(Nc2nc(N/N=C/c3c4ccccc4cc4ccccc34)nc(Nc3ccc([N+](=O)[O-])cc3)n2)cc1C. The third-order valence-corrected chi connectivity index (χ3v) is 6.90. The number of non-ortho nitro benzene ring substituents is 1. The van der Waals surface area contributed by atoms with Gasteiger partial charge in [0, 0.05) is 29.1 Å². The van der Waals surface area contributed by atoms with E-state index in [1.807, 2.05) is 56.3 Å². The molecule has 3 N–H and O–H groups in total. The summed E-state index contributed by atoms with van der Waals surface area (Å²) < 4.78 is 0. The van der Waals surface area contributed by atoms with Gasteiger partial charge in [-0.05, 0) is 76.9 Å². The Morgan fingerprint density at radius 1 is 0.690 bits per heavy atom. The quantitative estimate of drug-likeness (QED) is 0.0757. The Bertz CT molecular complexity index is 1920. The molecule has 10 heteroatoms. The summed E-state index contributed by atoms with van der Waals surface area (Å²) in [5.41, 5.74) is 7.63. The molecular formula is C32H26N8O2. The number of anilines is 5. The lowest BCUT2D eigenvalue weighted by atomic mass is 9.97. The molecule has 1 heterocycles. The van der Waals surface area contributed by atoms with Crippen molar-refractivity contribution in [2.24, 2.45) is 5.10 Å². The summed E-state index contributed by atoms with van der Waals surface area (Å²) >= 11 is 0. The van der Waals surface area contributed by atoms with E-state index in [9.17, 15) is 10.1 Å². The van der Waals surface area contributed by atoms with Gasteiger partial charge in [0.15, 0.2) is 0 Å². The first kappa shape index (κ1) is 26.3. The van der Waals surface area contributed by atoms with E-state index in [4.69, 9.17) is 0 Å². The summed E-state index contributed by atoms with van der Waals surface area (Å²) in [7, 11) is 0. The molecule has 0 radical (unpaired) electrons. The van der Waals surface area contributed by atoms with Crippen molar-refractivity contribution in [1.82, 2.24) is 15.0 Å². The van der Waals surface area contributed by atoms with Crippen LogP contribution in [-0.4, -0.2) is 26.1 Å². The largest absolute Gasteiger partial charge is 0.324 e. The van der Waals surface area contributed by atoms with Gasteiger partial charge >= 0.3 is 0 Å². The predicted octanol–water partition coefficient (Wildman–Crippen LogP) is 7.64. The Balaban J connectivity index is 1.34. The zero-order valence-electron chi connectivity index (χ0n) is 22.9. The molecule has 0 aliphatic carbocycles. The number of nitrogens with zero attached hydrogens (tertiary/aromatic N) is 5. The number of nitro groups is 1. The zero-order valence-corrected chi connectivity index (χ0v) is 22.9. The summed E-state index contributed by atoms with van der Waals surface area (Å²) in [6.45, 7) is 4.08. The van der Waals surface area contributed by atoms with Crippen molar-refractivity contribution in [2.75, 3.05) is 16.1 Å². The molecule has 0 aliphatic heterocycles. The summed E-state index contributed by atoms with van der Waals surface area (Å²) in [4.78, 5) is 24.1. The van der Waals surface area contributed by atoms with Crippen molar-refractivity contribution in [3.63, 3.8) is 0 Å². The number of hydrogen-bond acceptors (Lipinski definition) is 9. The van der Waals surface area contributed by atoms with E-state index in [1.165, 1.54) is 17.7 Å². The number of hydrogen-bond donors (Lipinski definition) is 3. The average molecular weight is 555 g/mol. The number of nitro benzene ring substituents is 1. The van der Waals surface area contributed by atoms with Crippen LogP contribution < -0.4 is 16.1 Å². The first-order valence-electron chi connectivity index (χ1n) is 13.2. The Kier molecular flexibility index (Phi) is 7.08. The lowest BCUT2D eigenvalue weighted by Crippen LogP contribution is -2.07. The molecule has 1 aromatic heterocycles. The summed E-state index contributed by atoms with van der Waals surface area (Å²) in [5.74, 6) is 0.742. The fourth-order valence-corrected chi connectivity index (χ4v) is 4.62. The van der Waals surface area contributed by atoms with Crippen LogP contribution in [0.5, 0.6) is 0 Å². The van der Waals surface area contributed by atoms with Gasteiger partial charge in [0.2, 0.25) is 17.8 Å². The van der Waals surface area contributed by atoms with Crippen LogP contribution in [0.15, 0.2) is 102 Å². The van der Waals surface area contributed by atoms with E-state index in [2.05, 4.69) is 66.4 Å². The van der Waals surface area contributed by atoms with Gasteiger partial charge in [-0.15, -0.1) is 0 Å². The molecule has 0 unspecified atom stereocenters. The van der Waals surface area contributed by atoms with Gasteiger partial charge in [-0.3, -0.25) is 10.1 Å². The average Bonchev–Trinajstić information content (AvgIpc) is 2.99. The summed E-state index contributed by atoms with van der Waals surface area (Å²) in [6, 6.07) is 30.5. The maximum absolute atomic E-state index is 11.0. The predicted molar refractivity (Wildman–Crippen MR) is 168 cm³/mol. The van der Waals surface area contributed by atoms with E-state index < -0.39 is 4.92 Å². The Hall–Kier alpha value is -5.90. The van der Waals surface area contributed by atoms with Crippen LogP contribution in [0.2, 0.25) is 0 Å². The summed E-state index contributed by atoms with van der Waals surface area (Å²) in [5, 5.41) is 26.3. The Morgan fingerprint density at radius 3 is 1.88 bits per heavy atom. The van der Waals surface area contributed by atoms with Crippen LogP contribution >= 0.6 is 0 Å². The van der Waals surface area contributed by atoms with Crippen molar-refractivity contribution in [2.45, 2.75) is 13.8 Å². The van der Waals surface area contributed by atoms with E-state index in [-0.39, 0.29) is 17.6 Å². The van der Waals surface area contributed by atoms with Crippen LogP contribution in [0.3, 0.4) is 0 Å². The van der Waals surface area contributed by atoms with Gasteiger partial charge in [0.05, 0.1) is 11.1 Å². The molecule has 0 aliphatic rings. The molecule has 5 aromatic carbocycles. The van der Waals surface area contributed by atoms with E-state index in [0.29, 0.717) is 11.6 Å². The first-order chi connectivity index (χ1) is 20.4. The minimum atomic E-state index is -0.447. The van der Waals surface area contributed by atoms with Crippen LogP contribution in [-0.2, 0) is 0 Å². The van der Waals surface area contributed by atoms with Crippen LogP contribution in [0, 0.1) is 24.0 Å². The van der Waals surface area contributed by atoms with Gasteiger partial charge < -0.3 is 10.6 Å². The number of rotatable bonds is 8. The highest BCUT2D eigenvalue weighted by molar-refractivity contribution is 6.13. The van der Waals surface area contributed by atoms with E-state index in [0.717, 1.165) is 38.4 Å². The molecule has 0 atom stereocenters. The minimum Gasteiger partial charge on any atom is -0.324 e. The van der Waals surface area contributed by atoms with Gasteiger partial charge in [0.1, 0.15) is 0 Å². The first-order valence-corrected chi connectivity index (χ1v) is 13.2. The molecule has 0 saturated carbocycles. The van der Waals surface area contributed by atoms with Gasteiger partial charge in [-0.25, -0.2) is 5.43 Å². The fraction of sp³-hybridized carbons (Fsp3) is 0.0625. The molecule has 6 rings (SSSR count). The number of aryl methyl sites for hydroxylation is 2. The van der Waals surface area contributed by atoms with Crippen molar-refractivity contribution < 1.29 is 4.92 Å². The zero-order chi connectivity index (χ0) is 29.1. The maximum Gasteiger partial charge on any atom is 0.269 e. The number of nitrogens with one attached hydrogen (secondary N) is 3. The van der Waals surface area contributed by atoms with Gasteiger partial charge in [-0.1, -0.05) is 54.6 Å². The van der Waals surface area contributed by atoms with E-state index >= 15 is 0 Å². The standard InChI is InChI=1S/C32H26N8O2/c1-20-11-12-25(17-21(20)2)35-31-36-30(34-24-13-15-26(16-14-24)40(41)42)37-32(38-31)39-33-19-29-27-9-5-3-7-22(27)18-23-8-4-6-10-28(23)29/h3-19H,1-2H3,(H3,34,35,36,37,38,39)/b33-19+. The molecule has 0 bridgehead atoms. The molecule has 42 heavy (non-hydrogen) atoms. The smallest absolute Gasteiger partial charge is 0.269 e. The highest BCUT2D eigenvalue weighted by Crippen LogP contribution is 2.27. The molecule has 0 spiro atoms. The minimum absolute atomic E-state index is 0.00838. The third-order valence-electron chi connectivity index (χ3n) is 6.90. The highest BCUT2D eigenvalue weighted by Gasteiger charge is 2.11. The monoisotopic (exact) mass is 554 g/mol. The third kappa shape index (κ3) is 5.68. The number of benzene rings is 5. The second-order valence-corrected chi connectivity index (χ2v) is 9.76. The topological polar surface area (TPSA) is 130 Å². The van der Waals surface area contributed by atoms with Crippen molar-refractivity contribution in [1.29, 1.82) is 0 Å². The van der Waals surface area contributed by atoms with Crippen LogP contribution in [0.4, 0.5) is 34.9 Å². The van der Waals surface area contributed by atoms with Crippen molar-refractivity contribution in [3.8, 4) is 0 Å². The number of fused-ring (bicyclic) bond motifs is 2. The molecule has 0 amide bonds. The van der Waals surface area contributed by atoms with Crippen LogP contribution in [0.1, 0.15) is 16.7 Å². The number of aromatic nitrogens is 3. The summed E-state index contributed by atoms with van der Waals surface area (Å²) in [6.07, 6.45) is 1.77. The molecule has 0 saturated heterocycles. The molecular weight excluding hydrogens is 528 g/mol. The number of hydrazone groups is 1. The highest BCUT2D eigenvalue weighted by atomic mass is 16.6. The maximum atomic E-state index is 11.0. The molecule has 0 fully saturated rings. The van der Waals surface area contributed by atoms with E-state index in [1.54, 1.807) is 18.3 Å². The lowest BCUT2D eigenvalue weighted by Gasteiger charge is -2.11. The van der Waals surface area contributed by atoms with Gasteiger partial charge in [-0.2, -0.15) is 20.1 Å². The van der Waals surface area contributed by atoms with Gasteiger partial charge in [0.25, 0.3) is 5.69 Å². The molecule has 6 aromatic rings. The van der Waals surface area contributed by atoms with Crippen molar-refractivity contribution in [3.05, 3.63) is 124 Å². The second kappa shape index (κ2) is 11.3. The lowest BCUT2D eigenvalue weighted by molar-refractivity contribution is -0.384. The fourth-order valence-electron chi connectivity index (χ4n) is 4.62.